The standard InChI is InChI=1S/C11H15FN2O2S/c1-17(15,16)10-9(11(10,14)6-13)7-2-4-8(12)5-3-7/h2-5,9-10H,6,13-14H2,1H3/t9-,10-,11-/m1/s1. The highest BCUT2D eigenvalue weighted by Gasteiger charge is 2.67. The molecule has 0 saturated heterocycles. The van der Waals surface area contributed by atoms with Crippen LogP contribution in [0.5, 0.6) is 0 Å². The first-order valence-corrected chi connectivity index (χ1v) is 7.19. The van der Waals surface area contributed by atoms with E-state index in [1.807, 2.05) is 0 Å². The third kappa shape index (κ3) is 1.96. The normalized spacial score (nSPS) is 32.5. The van der Waals surface area contributed by atoms with Gasteiger partial charge in [0, 0.05) is 18.7 Å². The predicted octanol–water partition coefficient (Wildman–Crippen LogP) is -0.00770. The van der Waals surface area contributed by atoms with Crippen molar-refractivity contribution >= 4 is 9.84 Å². The quantitative estimate of drug-likeness (QED) is 0.798. The monoisotopic (exact) mass is 258 g/mol. The van der Waals surface area contributed by atoms with E-state index in [2.05, 4.69) is 0 Å². The molecule has 0 aliphatic heterocycles. The molecule has 0 bridgehead atoms. The minimum absolute atomic E-state index is 0.0901. The van der Waals surface area contributed by atoms with E-state index in [1.54, 1.807) is 12.1 Å². The Bertz CT molecular complexity index is 529. The van der Waals surface area contributed by atoms with Crippen LogP contribution in [0.15, 0.2) is 24.3 Å². The molecule has 4 nitrogen and oxygen atoms in total. The molecule has 0 radical (unpaired) electrons. The Kier molecular flexibility index (Phi) is 2.76. The van der Waals surface area contributed by atoms with Gasteiger partial charge in [-0.2, -0.15) is 0 Å². The Morgan fingerprint density at radius 1 is 1.35 bits per heavy atom. The number of rotatable bonds is 3. The summed E-state index contributed by atoms with van der Waals surface area (Å²) in [6, 6.07) is 5.71. The molecule has 17 heavy (non-hydrogen) atoms. The average Bonchev–Trinajstić information content (AvgIpc) is 2.87. The summed E-state index contributed by atoms with van der Waals surface area (Å²) in [5.41, 5.74) is 11.3. The minimum atomic E-state index is -3.26. The second kappa shape index (κ2) is 3.76. The second-order valence-corrected chi connectivity index (χ2v) is 6.76. The fraction of sp³-hybridized carbons (Fsp3) is 0.455. The molecule has 3 atom stereocenters. The molecule has 0 amide bonds. The first kappa shape index (κ1) is 12.5. The Balaban J connectivity index is 2.37. The van der Waals surface area contributed by atoms with E-state index in [0.717, 1.165) is 11.8 Å². The summed E-state index contributed by atoms with van der Waals surface area (Å²) in [4.78, 5) is 0. The molecule has 1 aliphatic rings. The number of hydrogen-bond donors (Lipinski definition) is 2. The van der Waals surface area contributed by atoms with Crippen LogP contribution in [0.3, 0.4) is 0 Å². The van der Waals surface area contributed by atoms with Crippen LogP contribution in [0.25, 0.3) is 0 Å². The highest BCUT2D eigenvalue weighted by atomic mass is 32.2. The first-order chi connectivity index (χ1) is 7.80. The molecule has 1 aromatic rings. The largest absolute Gasteiger partial charge is 0.329 e. The van der Waals surface area contributed by atoms with Crippen LogP contribution in [-0.2, 0) is 9.84 Å². The first-order valence-electron chi connectivity index (χ1n) is 5.24. The maximum atomic E-state index is 12.8. The smallest absolute Gasteiger partial charge is 0.152 e. The van der Waals surface area contributed by atoms with Gasteiger partial charge >= 0.3 is 0 Å². The van der Waals surface area contributed by atoms with E-state index in [-0.39, 0.29) is 18.3 Å². The highest BCUT2D eigenvalue weighted by Crippen LogP contribution is 2.53. The lowest BCUT2D eigenvalue weighted by Gasteiger charge is -2.07. The summed E-state index contributed by atoms with van der Waals surface area (Å²) >= 11 is 0. The summed E-state index contributed by atoms with van der Waals surface area (Å²) in [7, 11) is -3.26. The SMILES string of the molecule is CS(=O)(=O)[C@@H]1[C@@H](c2ccc(F)cc2)[C@]1(N)CN. The Morgan fingerprint density at radius 3 is 2.24 bits per heavy atom. The number of hydrogen-bond acceptors (Lipinski definition) is 4. The van der Waals surface area contributed by atoms with E-state index in [4.69, 9.17) is 11.5 Å². The maximum absolute atomic E-state index is 12.8. The number of benzene rings is 1. The molecular formula is C11H15FN2O2S. The maximum Gasteiger partial charge on any atom is 0.152 e. The van der Waals surface area contributed by atoms with Crippen LogP contribution in [0, 0.1) is 5.82 Å². The molecular weight excluding hydrogens is 243 g/mol. The van der Waals surface area contributed by atoms with E-state index < -0.39 is 20.6 Å². The van der Waals surface area contributed by atoms with Crippen LogP contribution in [0.1, 0.15) is 11.5 Å². The number of nitrogens with two attached hydrogens (primary N) is 2. The zero-order valence-corrected chi connectivity index (χ0v) is 10.2. The van der Waals surface area contributed by atoms with Gasteiger partial charge in [0.05, 0.1) is 10.8 Å². The molecule has 1 fully saturated rings. The van der Waals surface area contributed by atoms with Gasteiger partial charge in [0.2, 0.25) is 0 Å². The minimum Gasteiger partial charge on any atom is -0.329 e. The predicted molar refractivity (Wildman–Crippen MR) is 63.7 cm³/mol. The summed E-state index contributed by atoms with van der Waals surface area (Å²) in [6.07, 6.45) is 1.15. The van der Waals surface area contributed by atoms with Gasteiger partial charge in [-0.25, -0.2) is 12.8 Å². The summed E-state index contributed by atoms with van der Waals surface area (Å²) in [5.74, 6) is -0.705. The fourth-order valence-electron chi connectivity index (χ4n) is 2.47. The van der Waals surface area contributed by atoms with Crippen molar-refractivity contribution in [3.05, 3.63) is 35.6 Å². The van der Waals surface area contributed by atoms with E-state index >= 15 is 0 Å². The zero-order valence-electron chi connectivity index (χ0n) is 9.43. The van der Waals surface area contributed by atoms with Gasteiger partial charge in [-0.3, -0.25) is 0 Å². The lowest BCUT2D eigenvalue weighted by Crippen LogP contribution is -2.38. The fourth-order valence-corrected chi connectivity index (χ4v) is 4.33. The van der Waals surface area contributed by atoms with Crippen LogP contribution in [-0.4, -0.2) is 32.0 Å². The number of halogens is 1. The van der Waals surface area contributed by atoms with Gasteiger partial charge in [-0.05, 0) is 17.7 Å². The third-order valence-corrected chi connectivity index (χ3v) is 4.98. The van der Waals surface area contributed by atoms with Gasteiger partial charge in [0.25, 0.3) is 0 Å². The van der Waals surface area contributed by atoms with Crippen LogP contribution in [0.4, 0.5) is 4.39 Å². The Morgan fingerprint density at radius 2 is 1.88 bits per heavy atom. The molecule has 0 aromatic heterocycles. The molecule has 4 N–H and O–H groups in total. The summed E-state index contributed by atoms with van der Waals surface area (Å²) in [6.45, 7) is 0.0901. The Labute approximate surface area is 99.7 Å². The molecule has 0 spiro atoms. The lowest BCUT2D eigenvalue weighted by molar-refractivity contribution is 0.591. The summed E-state index contributed by atoms with van der Waals surface area (Å²) in [5, 5.41) is -0.675. The molecule has 0 unspecified atom stereocenters. The van der Waals surface area contributed by atoms with Crippen molar-refractivity contribution in [1.82, 2.24) is 0 Å². The van der Waals surface area contributed by atoms with Crippen LogP contribution in [0.2, 0.25) is 0 Å². The topological polar surface area (TPSA) is 86.2 Å². The average molecular weight is 258 g/mol. The van der Waals surface area contributed by atoms with Crippen molar-refractivity contribution in [1.29, 1.82) is 0 Å². The van der Waals surface area contributed by atoms with Crippen molar-refractivity contribution in [3.63, 3.8) is 0 Å². The van der Waals surface area contributed by atoms with Crippen molar-refractivity contribution < 1.29 is 12.8 Å². The third-order valence-electron chi connectivity index (χ3n) is 3.35. The molecule has 94 valence electrons. The van der Waals surface area contributed by atoms with Crippen LogP contribution < -0.4 is 11.5 Å². The van der Waals surface area contributed by atoms with Crippen molar-refractivity contribution in [2.45, 2.75) is 16.7 Å². The van der Waals surface area contributed by atoms with E-state index in [0.29, 0.717) is 0 Å². The molecule has 1 aromatic carbocycles. The molecule has 0 heterocycles. The van der Waals surface area contributed by atoms with Crippen molar-refractivity contribution in [2.75, 3.05) is 12.8 Å². The molecule has 2 rings (SSSR count). The second-order valence-electron chi connectivity index (χ2n) is 4.60. The van der Waals surface area contributed by atoms with Gasteiger partial charge in [0.1, 0.15) is 5.82 Å². The van der Waals surface area contributed by atoms with E-state index in [1.165, 1.54) is 12.1 Å². The van der Waals surface area contributed by atoms with Gasteiger partial charge in [0.15, 0.2) is 9.84 Å². The summed E-state index contributed by atoms with van der Waals surface area (Å²) < 4.78 is 36.0. The zero-order chi connectivity index (χ0) is 12.8. The van der Waals surface area contributed by atoms with Crippen molar-refractivity contribution in [3.8, 4) is 0 Å². The van der Waals surface area contributed by atoms with E-state index in [9.17, 15) is 12.8 Å². The number of sulfone groups is 1. The van der Waals surface area contributed by atoms with Crippen molar-refractivity contribution in [2.24, 2.45) is 11.5 Å². The molecule has 1 aliphatic carbocycles. The highest BCUT2D eigenvalue weighted by molar-refractivity contribution is 7.91. The van der Waals surface area contributed by atoms with Crippen LogP contribution >= 0.6 is 0 Å². The lowest BCUT2D eigenvalue weighted by atomic mass is 10.1. The molecule has 1 saturated carbocycles. The van der Waals surface area contributed by atoms with Gasteiger partial charge < -0.3 is 11.5 Å². The van der Waals surface area contributed by atoms with Gasteiger partial charge in [-0.15, -0.1) is 0 Å². The van der Waals surface area contributed by atoms with Gasteiger partial charge in [-0.1, -0.05) is 12.1 Å². The molecule has 6 heteroatoms. The Hall–Kier alpha value is -0.980.